The molecule has 0 aliphatic carbocycles. The first-order chi connectivity index (χ1) is 13.1. The number of nitrogens with zero attached hydrogens (tertiary/aromatic N) is 2. The van der Waals surface area contributed by atoms with Gasteiger partial charge in [0.25, 0.3) is 0 Å². The van der Waals surface area contributed by atoms with Crippen LogP contribution >= 0.6 is 11.3 Å². The molecule has 1 aromatic heterocycles. The van der Waals surface area contributed by atoms with Crippen molar-refractivity contribution in [3.63, 3.8) is 0 Å². The molecular formula is C21H23N3O2S. The Morgan fingerprint density at radius 2 is 2.00 bits per heavy atom. The van der Waals surface area contributed by atoms with Gasteiger partial charge in [0.2, 0.25) is 0 Å². The number of nitrogens with one attached hydrogen (secondary N) is 1. The van der Waals surface area contributed by atoms with Gasteiger partial charge in [0, 0.05) is 35.4 Å². The van der Waals surface area contributed by atoms with E-state index in [9.17, 15) is 4.79 Å². The maximum Gasteiger partial charge on any atom is 0.322 e. The maximum atomic E-state index is 12.8. The maximum absolute atomic E-state index is 12.8. The number of methoxy groups -OCH3 is 1. The van der Waals surface area contributed by atoms with E-state index in [4.69, 9.17) is 4.74 Å². The predicted octanol–water partition coefficient (Wildman–Crippen LogP) is 5.26. The largest absolute Gasteiger partial charge is 0.497 e. The lowest BCUT2D eigenvalue weighted by molar-refractivity contribution is 0.193. The summed E-state index contributed by atoms with van der Waals surface area (Å²) >= 11 is 1.61. The summed E-state index contributed by atoms with van der Waals surface area (Å²) in [5.74, 6) is 0.757. The SMILES string of the molecule is COc1ccc(NC(=O)N(Cc2cccc(-c3nccs3)c2)C(C)C)cc1. The van der Waals surface area contributed by atoms with Crippen LogP contribution in [0.15, 0.2) is 60.1 Å². The van der Waals surface area contributed by atoms with Gasteiger partial charge >= 0.3 is 6.03 Å². The van der Waals surface area contributed by atoms with Crippen molar-refractivity contribution in [2.75, 3.05) is 12.4 Å². The van der Waals surface area contributed by atoms with Gasteiger partial charge in [0.15, 0.2) is 0 Å². The van der Waals surface area contributed by atoms with E-state index in [1.165, 1.54) is 0 Å². The lowest BCUT2D eigenvalue weighted by atomic mass is 10.1. The van der Waals surface area contributed by atoms with Crippen molar-refractivity contribution in [2.45, 2.75) is 26.4 Å². The summed E-state index contributed by atoms with van der Waals surface area (Å²) in [5, 5.41) is 5.90. The quantitative estimate of drug-likeness (QED) is 0.633. The molecule has 3 aromatic rings. The molecule has 1 heterocycles. The number of rotatable bonds is 6. The lowest BCUT2D eigenvalue weighted by Gasteiger charge is -2.27. The average molecular weight is 382 g/mol. The standard InChI is InChI=1S/C21H23N3O2S/c1-15(2)24(21(25)23-18-7-9-19(26-3)10-8-18)14-16-5-4-6-17(13-16)20-22-11-12-27-20/h4-13,15H,14H2,1-3H3,(H,23,25). The van der Waals surface area contributed by atoms with Crippen molar-refractivity contribution in [1.82, 2.24) is 9.88 Å². The van der Waals surface area contributed by atoms with Gasteiger partial charge in [0.05, 0.1) is 7.11 Å². The van der Waals surface area contributed by atoms with Crippen molar-refractivity contribution in [3.8, 4) is 16.3 Å². The van der Waals surface area contributed by atoms with Crippen LogP contribution in [0.1, 0.15) is 19.4 Å². The van der Waals surface area contributed by atoms with Crippen molar-refractivity contribution >= 4 is 23.1 Å². The molecule has 0 aliphatic heterocycles. The molecule has 140 valence electrons. The third kappa shape index (κ3) is 4.86. The van der Waals surface area contributed by atoms with Gasteiger partial charge in [-0.05, 0) is 49.7 Å². The van der Waals surface area contributed by atoms with Crippen LogP contribution < -0.4 is 10.1 Å². The molecule has 27 heavy (non-hydrogen) atoms. The van der Waals surface area contributed by atoms with E-state index in [2.05, 4.69) is 16.4 Å². The van der Waals surface area contributed by atoms with Crippen LogP contribution in [0.25, 0.3) is 10.6 Å². The Labute approximate surface area is 163 Å². The van der Waals surface area contributed by atoms with Crippen LogP contribution in [-0.4, -0.2) is 29.1 Å². The van der Waals surface area contributed by atoms with Gasteiger partial charge in [-0.2, -0.15) is 0 Å². The van der Waals surface area contributed by atoms with E-state index in [0.717, 1.165) is 27.6 Å². The van der Waals surface area contributed by atoms with Gasteiger partial charge in [-0.1, -0.05) is 18.2 Å². The highest BCUT2D eigenvalue weighted by atomic mass is 32.1. The third-order valence-corrected chi connectivity index (χ3v) is 5.01. The number of thiazole rings is 1. The van der Waals surface area contributed by atoms with Crippen molar-refractivity contribution in [1.29, 1.82) is 0 Å². The Kier molecular flexibility index (Phi) is 6.08. The number of benzene rings is 2. The van der Waals surface area contributed by atoms with Crippen LogP contribution in [0.5, 0.6) is 5.75 Å². The Bertz CT molecular complexity index is 877. The second-order valence-electron chi connectivity index (χ2n) is 6.42. The van der Waals surface area contributed by atoms with Crippen LogP contribution in [-0.2, 0) is 6.54 Å². The summed E-state index contributed by atoms with van der Waals surface area (Å²) in [6.45, 7) is 4.55. The number of carbonyl (C=O) groups excluding carboxylic acids is 1. The van der Waals surface area contributed by atoms with Crippen LogP contribution in [0.3, 0.4) is 0 Å². The lowest BCUT2D eigenvalue weighted by Crippen LogP contribution is -2.39. The number of amides is 2. The third-order valence-electron chi connectivity index (χ3n) is 4.18. The number of ether oxygens (including phenoxy) is 1. The van der Waals surface area contributed by atoms with Crippen molar-refractivity contribution in [2.24, 2.45) is 0 Å². The molecule has 5 nitrogen and oxygen atoms in total. The van der Waals surface area contributed by atoms with Gasteiger partial charge in [-0.25, -0.2) is 9.78 Å². The molecule has 0 unspecified atom stereocenters. The molecule has 0 bridgehead atoms. The highest BCUT2D eigenvalue weighted by Gasteiger charge is 2.18. The summed E-state index contributed by atoms with van der Waals surface area (Å²) in [6.07, 6.45) is 1.80. The fraction of sp³-hybridized carbons (Fsp3) is 0.238. The Balaban J connectivity index is 1.73. The zero-order valence-corrected chi connectivity index (χ0v) is 16.5. The number of anilines is 1. The molecule has 3 rings (SSSR count). The van der Waals surface area contributed by atoms with E-state index < -0.39 is 0 Å². The molecule has 2 amide bonds. The topological polar surface area (TPSA) is 54.5 Å². The first kappa shape index (κ1) is 18.9. The van der Waals surface area contributed by atoms with Crippen molar-refractivity contribution < 1.29 is 9.53 Å². The Hall–Kier alpha value is -2.86. The second kappa shape index (κ2) is 8.68. The van der Waals surface area contributed by atoms with Gasteiger partial charge in [-0.15, -0.1) is 11.3 Å². The molecule has 0 fully saturated rings. The van der Waals surface area contributed by atoms with Crippen molar-refractivity contribution in [3.05, 3.63) is 65.7 Å². The molecule has 0 atom stereocenters. The first-order valence-corrected chi connectivity index (χ1v) is 9.65. The smallest absolute Gasteiger partial charge is 0.322 e. The highest BCUT2D eigenvalue weighted by molar-refractivity contribution is 7.13. The zero-order valence-electron chi connectivity index (χ0n) is 15.7. The van der Waals surface area contributed by atoms with Crippen LogP contribution in [0.4, 0.5) is 10.5 Å². The summed E-state index contributed by atoms with van der Waals surface area (Å²) in [4.78, 5) is 19.0. The minimum atomic E-state index is -0.130. The molecule has 1 N–H and O–H groups in total. The predicted molar refractivity (Wildman–Crippen MR) is 110 cm³/mol. The Morgan fingerprint density at radius 3 is 2.63 bits per heavy atom. The summed E-state index contributed by atoms with van der Waals surface area (Å²) < 4.78 is 5.15. The molecule has 6 heteroatoms. The molecule has 0 radical (unpaired) electrons. The van der Waals surface area contributed by atoms with E-state index in [1.807, 2.05) is 66.6 Å². The van der Waals surface area contributed by atoms with Gasteiger partial charge in [-0.3, -0.25) is 0 Å². The molecule has 0 saturated carbocycles. The van der Waals surface area contributed by atoms with Gasteiger partial charge in [0.1, 0.15) is 10.8 Å². The van der Waals surface area contributed by atoms with E-state index >= 15 is 0 Å². The fourth-order valence-electron chi connectivity index (χ4n) is 2.72. The summed E-state index contributed by atoms with van der Waals surface area (Å²) in [7, 11) is 1.62. The molecule has 0 spiro atoms. The number of aromatic nitrogens is 1. The zero-order chi connectivity index (χ0) is 19.2. The van der Waals surface area contributed by atoms with E-state index in [1.54, 1.807) is 24.6 Å². The molecule has 0 aliphatic rings. The minimum absolute atomic E-state index is 0.0618. The molecule has 0 saturated heterocycles. The number of urea groups is 1. The first-order valence-electron chi connectivity index (χ1n) is 8.77. The average Bonchev–Trinajstić information content (AvgIpc) is 3.21. The fourth-order valence-corrected chi connectivity index (χ4v) is 3.36. The summed E-state index contributed by atoms with van der Waals surface area (Å²) in [6, 6.07) is 15.4. The van der Waals surface area contributed by atoms with E-state index in [0.29, 0.717) is 6.54 Å². The molecular weight excluding hydrogens is 358 g/mol. The van der Waals surface area contributed by atoms with Crippen LogP contribution in [0.2, 0.25) is 0 Å². The monoisotopic (exact) mass is 381 g/mol. The van der Waals surface area contributed by atoms with E-state index in [-0.39, 0.29) is 12.1 Å². The van der Waals surface area contributed by atoms with Crippen LogP contribution in [0, 0.1) is 0 Å². The number of hydrogen-bond acceptors (Lipinski definition) is 4. The molecule has 2 aromatic carbocycles. The highest BCUT2D eigenvalue weighted by Crippen LogP contribution is 2.23. The van der Waals surface area contributed by atoms with Gasteiger partial charge < -0.3 is 15.0 Å². The normalized spacial score (nSPS) is 10.7. The summed E-state index contributed by atoms with van der Waals surface area (Å²) in [5.41, 5.74) is 2.88. The second-order valence-corrected chi connectivity index (χ2v) is 7.31. The minimum Gasteiger partial charge on any atom is -0.497 e. The number of carbonyl (C=O) groups is 1. The number of hydrogen-bond donors (Lipinski definition) is 1. The Morgan fingerprint density at radius 1 is 1.22 bits per heavy atom.